The molecule has 2 heterocycles. The molecule has 0 unspecified atom stereocenters. The Hall–Kier alpha value is -4.62. The van der Waals surface area contributed by atoms with Gasteiger partial charge in [0.05, 0.1) is 36.5 Å². The molecule has 0 aliphatic heterocycles. The van der Waals surface area contributed by atoms with Crippen LogP contribution in [-0.2, 0) is 13.1 Å². The van der Waals surface area contributed by atoms with Gasteiger partial charge in [-0.1, -0.05) is 26.0 Å². The minimum absolute atomic E-state index is 0.00824. The second-order valence-corrected chi connectivity index (χ2v) is 9.52. The van der Waals surface area contributed by atoms with Gasteiger partial charge in [0.2, 0.25) is 11.2 Å². The summed E-state index contributed by atoms with van der Waals surface area (Å²) < 4.78 is 12.6. The average molecular weight is 547 g/mol. The van der Waals surface area contributed by atoms with Gasteiger partial charge in [-0.15, -0.1) is 0 Å². The van der Waals surface area contributed by atoms with Crippen molar-refractivity contribution in [2.45, 2.75) is 39.8 Å². The van der Waals surface area contributed by atoms with Crippen LogP contribution < -0.4 is 26.0 Å². The first-order chi connectivity index (χ1) is 18.7. The summed E-state index contributed by atoms with van der Waals surface area (Å²) in [5, 5.41) is 12.6. The van der Waals surface area contributed by atoms with E-state index in [0.717, 1.165) is 16.9 Å². The maximum absolute atomic E-state index is 13.0. The zero-order chi connectivity index (χ0) is 28.1. The van der Waals surface area contributed by atoms with E-state index in [1.54, 1.807) is 31.4 Å². The maximum atomic E-state index is 13.0. The fourth-order valence-corrected chi connectivity index (χ4v) is 4.25. The molecule has 0 aliphatic carbocycles. The number of nitrogens with zero attached hydrogens (tertiary/aromatic N) is 4. The van der Waals surface area contributed by atoms with E-state index in [-0.39, 0.29) is 29.2 Å². The lowest BCUT2D eigenvalue weighted by Crippen LogP contribution is -2.34. The molecule has 2 N–H and O–H groups in total. The van der Waals surface area contributed by atoms with Crippen molar-refractivity contribution in [3.05, 3.63) is 103 Å². The number of aryl methyl sites for hydroxylation is 1. The normalized spacial score (nSPS) is 10.8. The molecule has 0 fully saturated rings. The summed E-state index contributed by atoms with van der Waals surface area (Å²) in [6.07, 6.45) is 0. The number of nitrogens with one attached hydrogen (secondary N) is 2. The summed E-state index contributed by atoms with van der Waals surface area (Å²) in [7, 11) is 1.61. The van der Waals surface area contributed by atoms with Crippen molar-refractivity contribution < 1.29 is 9.47 Å². The fourth-order valence-electron chi connectivity index (χ4n) is 4.05. The lowest BCUT2D eigenvalue weighted by molar-refractivity contribution is 0.409. The smallest absolute Gasteiger partial charge is 0.331 e. The van der Waals surface area contributed by atoms with E-state index in [0.29, 0.717) is 29.4 Å². The molecule has 200 valence electrons. The van der Waals surface area contributed by atoms with Gasteiger partial charge in [0.15, 0.2) is 0 Å². The molecule has 0 amide bonds. The Balaban J connectivity index is 1.70. The Kier molecular flexibility index (Phi) is 8.32. The first-order valence-electron chi connectivity index (χ1n) is 12.1. The quantitative estimate of drug-likeness (QED) is 0.287. The second-order valence-electron chi connectivity index (χ2n) is 9.18. The number of H-pyrrole nitrogens is 1. The van der Waals surface area contributed by atoms with E-state index in [2.05, 4.69) is 26.3 Å². The van der Waals surface area contributed by atoms with Crippen LogP contribution in [0.4, 0.5) is 5.82 Å². The van der Waals surface area contributed by atoms with Crippen LogP contribution in [0.5, 0.6) is 17.4 Å². The molecule has 0 saturated heterocycles. The van der Waals surface area contributed by atoms with Crippen LogP contribution in [0.25, 0.3) is 0 Å². The monoisotopic (exact) mass is 546 g/mol. The van der Waals surface area contributed by atoms with Crippen molar-refractivity contribution in [1.82, 2.24) is 19.5 Å². The van der Waals surface area contributed by atoms with Gasteiger partial charge in [-0.3, -0.25) is 14.3 Å². The highest BCUT2D eigenvalue weighted by atomic mass is 35.5. The molecule has 0 bridgehead atoms. The van der Waals surface area contributed by atoms with Crippen molar-refractivity contribution in [3.8, 4) is 23.4 Å². The molecule has 0 spiro atoms. The number of hydrogen-bond acceptors (Lipinski definition) is 8. The predicted molar refractivity (Wildman–Crippen MR) is 148 cm³/mol. The van der Waals surface area contributed by atoms with E-state index in [4.69, 9.17) is 21.1 Å². The topological polar surface area (TPSA) is 135 Å². The van der Waals surface area contributed by atoms with Gasteiger partial charge in [0.25, 0.3) is 5.56 Å². The van der Waals surface area contributed by atoms with Crippen molar-refractivity contribution in [1.29, 1.82) is 5.26 Å². The minimum Gasteiger partial charge on any atom is -0.497 e. The Morgan fingerprint density at radius 2 is 1.85 bits per heavy atom. The summed E-state index contributed by atoms with van der Waals surface area (Å²) in [5.41, 5.74) is 1.67. The Morgan fingerprint density at radius 3 is 2.51 bits per heavy atom. The highest BCUT2D eigenvalue weighted by Gasteiger charge is 2.21. The third-order valence-electron chi connectivity index (χ3n) is 5.86. The third-order valence-corrected chi connectivity index (χ3v) is 6.03. The van der Waals surface area contributed by atoms with Gasteiger partial charge >= 0.3 is 5.69 Å². The van der Waals surface area contributed by atoms with Gasteiger partial charge in [0.1, 0.15) is 17.3 Å². The van der Waals surface area contributed by atoms with Crippen LogP contribution in [0.3, 0.4) is 0 Å². The highest BCUT2D eigenvalue weighted by Crippen LogP contribution is 2.29. The van der Waals surface area contributed by atoms with E-state index < -0.39 is 11.2 Å². The lowest BCUT2D eigenvalue weighted by Gasteiger charge is -2.18. The minimum atomic E-state index is -0.671. The van der Waals surface area contributed by atoms with E-state index in [1.165, 1.54) is 4.57 Å². The number of halogens is 1. The molecule has 0 atom stereocenters. The zero-order valence-corrected chi connectivity index (χ0v) is 22.7. The van der Waals surface area contributed by atoms with E-state index in [9.17, 15) is 14.9 Å². The average Bonchev–Trinajstić information content (AvgIpc) is 2.89. The van der Waals surface area contributed by atoms with Crippen LogP contribution in [-0.4, -0.2) is 26.6 Å². The van der Waals surface area contributed by atoms with Crippen molar-refractivity contribution in [2.75, 3.05) is 12.4 Å². The molecule has 2 aromatic heterocycles. The van der Waals surface area contributed by atoms with Crippen LogP contribution in [0, 0.1) is 18.3 Å². The number of benzene rings is 2. The Bertz CT molecular complexity index is 1660. The number of methoxy groups -OCH3 is 1. The first-order valence-corrected chi connectivity index (χ1v) is 12.5. The zero-order valence-electron chi connectivity index (χ0n) is 21.9. The van der Waals surface area contributed by atoms with Crippen molar-refractivity contribution in [2.24, 2.45) is 0 Å². The number of hydrogen-bond donors (Lipinski definition) is 2. The van der Waals surface area contributed by atoms with Crippen molar-refractivity contribution in [3.63, 3.8) is 0 Å². The summed E-state index contributed by atoms with van der Waals surface area (Å²) in [4.78, 5) is 36.7. The van der Waals surface area contributed by atoms with Crippen molar-refractivity contribution >= 4 is 17.4 Å². The molecule has 0 aliphatic rings. The summed E-state index contributed by atoms with van der Waals surface area (Å²) in [6.45, 7) is 5.89. The van der Waals surface area contributed by atoms with E-state index in [1.807, 2.05) is 45.0 Å². The number of ether oxygens (including phenoxy) is 2. The molecular weight excluding hydrogens is 520 g/mol. The molecule has 0 radical (unpaired) electrons. The standard InChI is InChI=1S/C28H27ClN6O4/c1-16(2)24-25(36)34-28(37)35(26(24)39-22-10-17(3)9-19(11-22)13-30)15-20-12-23(33-27(29)32-20)31-14-18-5-7-21(38-4)8-6-18/h5-12,16H,14-15H2,1-4H3,(H,31,32,33)(H,34,36,37). The van der Waals surface area contributed by atoms with Crippen LogP contribution in [0.15, 0.2) is 58.1 Å². The molecule has 4 rings (SSSR count). The molecule has 0 saturated carbocycles. The van der Waals surface area contributed by atoms with E-state index >= 15 is 0 Å². The van der Waals surface area contributed by atoms with Gasteiger partial charge in [-0.05, 0) is 65.9 Å². The number of aromatic nitrogens is 4. The van der Waals surface area contributed by atoms with Crippen LogP contribution in [0.2, 0.25) is 5.28 Å². The van der Waals surface area contributed by atoms with Gasteiger partial charge < -0.3 is 14.8 Å². The SMILES string of the molecule is COc1ccc(CNc2cc(Cn3c(Oc4cc(C)cc(C#N)c4)c(C(C)C)c(=O)[nH]c3=O)nc(Cl)n2)cc1. The summed E-state index contributed by atoms with van der Waals surface area (Å²) in [5.74, 6) is 1.34. The number of aromatic amines is 1. The second kappa shape index (κ2) is 11.8. The summed E-state index contributed by atoms with van der Waals surface area (Å²) in [6, 6.07) is 16.3. The molecular formula is C28H27ClN6O4. The fraction of sp³-hybridized carbons (Fsp3) is 0.250. The Morgan fingerprint density at radius 1 is 1.10 bits per heavy atom. The molecule has 2 aromatic carbocycles. The Labute approximate surface area is 229 Å². The van der Waals surface area contributed by atoms with Crippen LogP contribution >= 0.6 is 11.6 Å². The first kappa shape index (κ1) is 27.4. The molecule has 39 heavy (non-hydrogen) atoms. The third kappa shape index (κ3) is 6.64. The number of nitriles is 1. The van der Waals surface area contributed by atoms with Gasteiger partial charge in [0, 0.05) is 12.6 Å². The lowest BCUT2D eigenvalue weighted by atomic mass is 10.1. The highest BCUT2D eigenvalue weighted by molar-refractivity contribution is 6.28. The van der Waals surface area contributed by atoms with Crippen LogP contribution in [0.1, 0.15) is 47.7 Å². The largest absolute Gasteiger partial charge is 0.497 e. The molecule has 11 heteroatoms. The number of rotatable bonds is 9. The van der Waals surface area contributed by atoms with Gasteiger partial charge in [-0.25, -0.2) is 14.8 Å². The predicted octanol–water partition coefficient (Wildman–Crippen LogP) is 4.74. The molecule has 4 aromatic rings. The molecule has 10 nitrogen and oxygen atoms in total. The van der Waals surface area contributed by atoms with Gasteiger partial charge in [-0.2, -0.15) is 5.26 Å². The maximum Gasteiger partial charge on any atom is 0.331 e. The number of anilines is 1. The summed E-state index contributed by atoms with van der Waals surface area (Å²) >= 11 is 6.22.